The average molecular weight is 422 g/mol. The fraction of sp³-hybridized carbons (Fsp3) is 0.769. The summed E-state index contributed by atoms with van der Waals surface area (Å²) in [5.41, 5.74) is 2.38. The van der Waals surface area contributed by atoms with Crippen LogP contribution < -0.4 is 0 Å². The summed E-state index contributed by atoms with van der Waals surface area (Å²) in [6.07, 6.45) is 18.5. The molecule has 3 N–H and O–H groups in total. The highest BCUT2D eigenvalue weighted by atomic mass is 16.3. The number of benzene rings is 1. The maximum atomic E-state index is 9.89. The molecule has 0 bridgehead atoms. The van der Waals surface area contributed by atoms with Crippen LogP contribution in [0.5, 0.6) is 5.75 Å². The molecule has 0 aliphatic carbocycles. The molecule has 1 aromatic carbocycles. The third-order valence-electron chi connectivity index (χ3n) is 5.97. The summed E-state index contributed by atoms with van der Waals surface area (Å²) in [4.78, 5) is 2.06. The minimum atomic E-state index is 0.0896. The van der Waals surface area contributed by atoms with Crippen molar-refractivity contribution in [2.24, 2.45) is 0 Å². The lowest BCUT2D eigenvalue weighted by Crippen LogP contribution is -2.29. The van der Waals surface area contributed by atoms with E-state index >= 15 is 0 Å². The van der Waals surface area contributed by atoms with Crippen LogP contribution in [0.1, 0.15) is 102 Å². The fourth-order valence-electron chi connectivity index (χ4n) is 4.13. The molecule has 0 spiro atoms. The van der Waals surface area contributed by atoms with Crippen LogP contribution in [0.3, 0.4) is 0 Å². The Morgan fingerprint density at radius 3 is 1.67 bits per heavy atom. The molecule has 0 aliphatic rings. The number of aryl methyl sites for hydroxylation is 1. The van der Waals surface area contributed by atoms with Crippen molar-refractivity contribution in [2.75, 3.05) is 26.3 Å². The molecule has 0 amide bonds. The number of hydrogen-bond acceptors (Lipinski definition) is 4. The summed E-state index contributed by atoms with van der Waals surface area (Å²) in [5.74, 6) is 0.319. The van der Waals surface area contributed by atoms with Crippen LogP contribution in [-0.4, -0.2) is 46.5 Å². The number of nitrogens with zero attached hydrogens (tertiary/aromatic N) is 1. The Kier molecular flexibility index (Phi) is 16.7. The van der Waals surface area contributed by atoms with Crippen LogP contribution >= 0.6 is 0 Å². The van der Waals surface area contributed by atoms with Crippen LogP contribution in [0.2, 0.25) is 0 Å². The number of aliphatic hydroxyl groups is 2. The third kappa shape index (κ3) is 13.3. The van der Waals surface area contributed by atoms with Gasteiger partial charge in [-0.05, 0) is 36.1 Å². The second kappa shape index (κ2) is 18.7. The third-order valence-corrected chi connectivity index (χ3v) is 5.97. The predicted octanol–water partition coefficient (Wildman–Crippen LogP) is 5.81. The summed E-state index contributed by atoms with van der Waals surface area (Å²) < 4.78 is 0. The first-order valence-electron chi connectivity index (χ1n) is 12.5. The van der Waals surface area contributed by atoms with E-state index in [4.69, 9.17) is 0 Å². The molecule has 1 rings (SSSR count). The molecule has 0 unspecified atom stereocenters. The lowest BCUT2D eigenvalue weighted by Gasteiger charge is -2.22. The molecule has 0 fully saturated rings. The van der Waals surface area contributed by atoms with Gasteiger partial charge in [-0.25, -0.2) is 0 Å². The molecule has 0 saturated carbocycles. The van der Waals surface area contributed by atoms with Crippen molar-refractivity contribution in [3.05, 3.63) is 29.3 Å². The SMILES string of the molecule is CCCCCCCCCCCCCCCc1cc(O)ccc1CN(CCO)CCO. The largest absolute Gasteiger partial charge is 0.508 e. The monoisotopic (exact) mass is 421 g/mol. The summed E-state index contributed by atoms with van der Waals surface area (Å²) in [6.45, 7) is 4.27. The van der Waals surface area contributed by atoms with Crippen LogP contribution in [0.15, 0.2) is 18.2 Å². The zero-order valence-electron chi connectivity index (χ0n) is 19.5. The fourth-order valence-corrected chi connectivity index (χ4v) is 4.13. The van der Waals surface area contributed by atoms with Gasteiger partial charge in [0.15, 0.2) is 0 Å². The van der Waals surface area contributed by atoms with Crippen molar-refractivity contribution in [1.29, 1.82) is 0 Å². The maximum absolute atomic E-state index is 9.89. The number of aromatic hydroxyl groups is 1. The predicted molar refractivity (Wildman–Crippen MR) is 127 cm³/mol. The molecule has 4 nitrogen and oxygen atoms in total. The van der Waals surface area contributed by atoms with Gasteiger partial charge in [-0.2, -0.15) is 0 Å². The number of aliphatic hydroxyl groups excluding tert-OH is 2. The van der Waals surface area contributed by atoms with E-state index in [9.17, 15) is 15.3 Å². The quantitative estimate of drug-likeness (QED) is 0.232. The van der Waals surface area contributed by atoms with Gasteiger partial charge in [-0.15, -0.1) is 0 Å². The summed E-state index contributed by atoms with van der Waals surface area (Å²) >= 11 is 0. The molecule has 0 aromatic heterocycles. The Labute approximate surface area is 185 Å². The van der Waals surface area contributed by atoms with Gasteiger partial charge in [0, 0.05) is 19.6 Å². The van der Waals surface area contributed by atoms with Gasteiger partial charge in [-0.3, -0.25) is 4.90 Å². The first kappa shape index (κ1) is 26.9. The Morgan fingerprint density at radius 2 is 1.17 bits per heavy atom. The molecule has 0 aliphatic heterocycles. The number of phenols is 1. The van der Waals surface area contributed by atoms with E-state index < -0.39 is 0 Å². The van der Waals surface area contributed by atoms with Crippen LogP contribution in [-0.2, 0) is 13.0 Å². The van der Waals surface area contributed by atoms with E-state index in [2.05, 4.69) is 11.8 Å². The topological polar surface area (TPSA) is 63.9 Å². The Bertz CT molecular complexity index is 515. The summed E-state index contributed by atoms with van der Waals surface area (Å²) in [5, 5.41) is 28.3. The molecule has 174 valence electrons. The first-order chi connectivity index (χ1) is 14.7. The Hall–Kier alpha value is -1.10. The lowest BCUT2D eigenvalue weighted by molar-refractivity contribution is 0.155. The number of hydrogen-bond donors (Lipinski definition) is 3. The van der Waals surface area contributed by atoms with Gasteiger partial charge in [-0.1, -0.05) is 90.0 Å². The van der Waals surface area contributed by atoms with Gasteiger partial charge < -0.3 is 15.3 Å². The van der Waals surface area contributed by atoms with Crippen molar-refractivity contribution in [3.8, 4) is 5.75 Å². The number of rotatable bonds is 20. The van der Waals surface area contributed by atoms with Crippen LogP contribution in [0.4, 0.5) is 0 Å². The standard InChI is InChI=1S/C26H47NO3/c1-2-3-4-5-6-7-8-9-10-11-12-13-14-15-24-22-26(30)17-16-25(24)23-27(18-20-28)19-21-29/h16-17,22,28-30H,2-15,18-21,23H2,1H3. The summed E-state index contributed by atoms with van der Waals surface area (Å²) in [7, 11) is 0. The average Bonchev–Trinajstić information content (AvgIpc) is 2.73. The van der Waals surface area contributed by atoms with Crippen molar-refractivity contribution < 1.29 is 15.3 Å². The van der Waals surface area contributed by atoms with E-state index in [1.54, 1.807) is 6.07 Å². The van der Waals surface area contributed by atoms with E-state index in [1.807, 2.05) is 12.1 Å². The van der Waals surface area contributed by atoms with Crippen molar-refractivity contribution in [3.63, 3.8) is 0 Å². The second-order valence-corrected chi connectivity index (χ2v) is 8.67. The first-order valence-corrected chi connectivity index (χ1v) is 12.5. The van der Waals surface area contributed by atoms with E-state index in [1.165, 1.54) is 88.2 Å². The summed E-state index contributed by atoms with van der Waals surface area (Å²) in [6, 6.07) is 5.60. The Balaban J connectivity index is 2.19. The van der Waals surface area contributed by atoms with Crippen LogP contribution in [0.25, 0.3) is 0 Å². The van der Waals surface area contributed by atoms with E-state index in [-0.39, 0.29) is 13.2 Å². The highest BCUT2D eigenvalue weighted by Gasteiger charge is 2.10. The van der Waals surface area contributed by atoms with E-state index in [0.717, 1.165) is 12.8 Å². The molecule has 0 saturated heterocycles. The van der Waals surface area contributed by atoms with Crippen LogP contribution in [0, 0.1) is 0 Å². The zero-order valence-corrected chi connectivity index (χ0v) is 19.5. The zero-order chi connectivity index (χ0) is 21.9. The second-order valence-electron chi connectivity index (χ2n) is 8.67. The molecule has 1 aromatic rings. The number of phenolic OH excluding ortho intramolecular Hbond substituents is 1. The smallest absolute Gasteiger partial charge is 0.115 e. The van der Waals surface area contributed by atoms with Gasteiger partial charge >= 0.3 is 0 Å². The minimum absolute atomic E-state index is 0.0896. The van der Waals surface area contributed by atoms with Crippen molar-refractivity contribution in [2.45, 2.75) is 103 Å². The molecule has 30 heavy (non-hydrogen) atoms. The van der Waals surface area contributed by atoms with Gasteiger partial charge in [0.25, 0.3) is 0 Å². The normalized spacial score (nSPS) is 11.5. The van der Waals surface area contributed by atoms with Gasteiger partial charge in [0.2, 0.25) is 0 Å². The van der Waals surface area contributed by atoms with Gasteiger partial charge in [0.1, 0.15) is 5.75 Å². The minimum Gasteiger partial charge on any atom is -0.508 e. The number of unbranched alkanes of at least 4 members (excludes halogenated alkanes) is 12. The molecule has 0 radical (unpaired) electrons. The molecule has 0 heterocycles. The van der Waals surface area contributed by atoms with E-state index in [0.29, 0.717) is 25.4 Å². The lowest BCUT2D eigenvalue weighted by atomic mass is 9.99. The van der Waals surface area contributed by atoms with Crippen molar-refractivity contribution >= 4 is 0 Å². The highest BCUT2D eigenvalue weighted by Crippen LogP contribution is 2.21. The van der Waals surface area contributed by atoms with Gasteiger partial charge in [0.05, 0.1) is 13.2 Å². The molecule has 0 atom stereocenters. The molecular weight excluding hydrogens is 374 g/mol. The molecular formula is C26H47NO3. The molecule has 4 heteroatoms. The maximum Gasteiger partial charge on any atom is 0.115 e. The Morgan fingerprint density at radius 1 is 0.667 bits per heavy atom. The van der Waals surface area contributed by atoms with Crippen molar-refractivity contribution in [1.82, 2.24) is 4.90 Å². The highest BCUT2D eigenvalue weighted by molar-refractivity contribution is 5.35.